The van der Waals surface area contributed by atoms with Crippen LogP contribution in [0.4, 0.5) is 23.4 Å². The molecule has 2 aromatic heterocycles. The molecule has 5 heterocycles. The Kier molecular flexibility index (Phi) is 6.60. The van der Waals surface area contributed by atoms with Crippen LogP contribution < -0.4 is 15.5 Å². The molecular weight excluding hydrogens is 506 g/mol. The van der Waals surface area contributed by atoms with Crippen molar-refractivity contribution in [3.8, 4) is 11.3 Å². The maximum Gasteiger partial charge on any atom is 0.243 e. The molecule has 0 saturated carbocycles. The van der Waals surface area contributed by atoms with Gasteiger partial charge in [0.1, 0.15) is 5.82 Å². The molecule has 200 valence electrons. The molecule has 2 N–H and O–H groups in total. The zero-order valence-corrected chi connectivity index (χ0v) is 22.1. The number of hydrogen-bond donors (Lipinski definition) is 1. The molecule has 1 aromatic carbocycles. The maximum atomic E-state index is 13.2. The average Bonchev–Trinajstić information content (AvgIpc) is 3.38. The second kappa shape index (κ2) is 10.1. The van der Waals surface area contributed by atoms with Crippen molar-refractivity contribution in [1.29, 1.82) is 0 Å². The summed E-state index contributed by atoms with van der Waals surface area (Å²) in [5.41, 5.74) is 9.18. The predicted molar refractivity (Wildman–Crippen MR) is 144 cm³/mol. The van der Waals surface area contributed by atoms with E-state index in [4.69, 9.17) is 20.4 Å². The van der Waals surface area contributed by atoms with Crippen LogP contribution in [0.15, 0.2) is 41.6 Å². The van der Waals surface area contributed by atoms with Crippen LogP contribution in [-0.2, 0) is 21.2 Å². The molecule has 2 fully saturated rings. The number of rotatable bonds is 5. The van der Waals surface area contributed by atoms with Gasteiger partial charge >= 0.3 is 0 Å². The van der Waals surface area contributed by atoms with Gasteiger partial charge in [0.05, 0.1) is 23.8 Å². The molecule has 0 amide bonds. The van der Waals surface area contributed by atoms with Gasteiger partial charge in [0, 0.05) is 75.0 Å². The smallest absolute Gasteiger partial charge is 0.243 e. The van der Waals surface area contributed by atoms with Gasteiger partial charge in [-0.05, 0) is 37.7 Å². The number of nitrogen functional groups attached to an aromatic ring is 1. The van der Waals surface area contributed by atoms with Gasteiger partial charge in [-0.1, -0.05) is 0 Å². The fourth-order valence-electron chi connectivity index (χ4n) is 5.07. The second-order valence-electron chi connectivity index (χ2n) is 9.71. The average molecular weight is 538 g/mol. The quantitative estimate of drug-likeness (QED) is 0.499. The Balaban J connectivity index is 1.34. The second-order valence-corrected chi connectivity index (χ2v) is 11.6. The highest BCUT2D eigenvalue weighted by Crippen LogP contribution is 2.39. The molecule has 0 spiro atoms. The summed E-state index contributed by atoms with van der Waals surface area (Å²) >= 11 is 0. The first-order chi connectivity index (χ1) is 18.4. The number of hydrogen-bond acceptors (Lipinski definition) is 11. The number of ether oxygens (including phenoxy) is 1. The summed E-state index contributed by atoms with van der Waals surface area (Å²) in [6.45, 7) is 5.80. The van der Waals surface area contributed by atoms with Crippen molar-refractivity contribution in [2.75, 3.05) is 81.6 Å². The van der Waals surface area contributed by atoms with Crippen LogP contribution in [0.1, 0.15) is 5.56 Å². The van der Waals surface area contributed by atoms with Gasteiger partial charge in [-0.2, -0.15) is 9.29 Å². The fourth-order valence-corrected chi connectivity index (χ4v) is 6.50. The molecule has 0 atom stereocenters. The van der Waals surface area contributed by atoms with Crippen LogP contribution in [0, 0.1) is 0 Å². The summed E-state index contributed by atoms with van der Waals surface area (Å²) in [5.74, 6) is 1.64. The first kappa shape index (κ1) is 24.9. The summed E-state index contributed by atoms with van der Waals surface area (Å²) in [5, 5.41) is 0. The number of morpholine rings is 1. The van der Waals surface area contributed by atoms with Crippen LogP contribution in [0.5, 0.6) is 0 Å². The lowest BCUT2D eigenvalue weighted by molar-refractivity contribution is 0.122. The SMILES string of the molecule is CN1CCN(S(=O)(=O)c2ccc(N3CCc4c(-c5cnc(N)nc5)nc(N5CCOCC5)nc43)cc2)CC1. The molecule has 0 unspecified atom stereocenters. The van der Waals surface area contributed by atoms with Crippen molar-refractivity contribution in [1.82, 2.24) is 29.1 Å². The summed E-state index contributed by atoms with van der Waals surface area (Å²) in [7, 11) is -1.53. The summed E-state index contributed by atoms with van der Waals surface area (Å²) < 4.78 is 33.5. The van der Waals surface area contributed by atoms with Crippen molar-refractivity contribution >= 4 is 33.4 Å². The first-order valence-electron chi connectivity index (χ1n) is 12.8. The minimum atomic E-state index is -3.53. The van der Waals surface area contributed by atoms with E-state index >= 15 is 0 Å². The number of benzene rings is 1. The lowest BCUT2D eigenvalue weighted by Gasteiger charge is -2.31. The zero-order valence-electron chi connectivity index (χ0n) is 21.3. The van der Waals surface area contributed by atoms with E-state index in [-0.39, 0.29) is 5.95 Å². The third-order valence-corrected chi connectivity index (χ3v) is 9.22. The Morgan fingerprint density at radius 1 is 0.895 bits per heavy atom. The molecule has 12 nitrogen and oxygen atoms in total. The largest absolute Gasteiger partial charge is 0.378 e. The van der Waals surface area contributed by atoms with E-state index in [1.807, 2.05) is 19.2 Å². The van der Waals surface area contributed by atoms with E-state index in [1.54, 1.807) is 28.8 Å². The standard InChI is InChI=1S/C25H31N9O3S/c1-31-8-10-33(11-9-31)38(35,36)20-4-2-19(3-5-20)34-7-6-21-22(18-16-27-24(26)28-17-18)29-25(30-23(21)34)32-12-14-37-15-13-32/h2-5,16-17H,6-15H2,1H3,(H2,26,27,28). The van der Waals surface area contributed by atoms with E-state index in [1.165, 1.54) is 0 Å². The van der Waals surface area contributed by atoms with E-state index < -0.39 is 10.0 Å². The van der Waals surface area contributed by atoms with Crippen LogP contribution >= 0.6 is 0 Å². The molecule has 0 aliphatic carbocycles. The molecule has 38 heavy (non-hydrogen) atoms. The Morgan fingerprint density at radius 2 is 1.58 bits per heavy atom. The Labute approximate surface area is 222 Å². The zero-order chi connectivity index (χ0) is 26.3. The van der Waals surface area contributed by atoms with Crippen LogP contribution in [0.25, 0.3) is 11.3 Å². The van der Waals surface area contributed by atoms with E-state index in [2.05, 4.69) is 24.7 Å². The van der Waals surface area contributed by atoms with E-state index in [0.717, 1.165) is 47.8 Å². The van der Waals surface area contributed by atoms with Crippen LogP contribution in [0.2, 0.25) is 0 Å². The van der Waals surface area contributed by atoms with Crippen molar-refractivity contribution in [3.63, 3.8) is 0 Å². The molecule has 3 aliphatic rings. The maximum absolute atomic E-state index is 13.2. The van der Waals surface area contributed by atoms with Gasteiger partial charge in [0.25, 0.3) is 0 Å². The number of aromatic nitrogens is 4. The minimum absolute atomic E-state index is 0.209. The molecule has 0 radical (unpaired) electrons. The number of likely N-dealkylation sites (N-methyl/N-ethyl adjacent to an activating group) is 1. The lowest BCUT2D eigenvalue weighted by Crippen LogP contribution is -2.46. The normalized spacial score (nSPS) is 19.1. The third-order valence-electron chi connectivity index (χ3n) is 7.30. The number of fused-ring (bicyclic) bond motifs is 1. The third kappa shape index (κ3) is 4.66. The predicted octanol–water partition coefficient (Wildman–Crippen LogP) is 0.983. The number of piperazine rings is 1. The highest BCUT2D eigenvalue weighted by atomic mass is 32.2. The van der Waals surface area contributed by atoms with Crippen molar-refractivity contribution in [3.05, 3.63) is 42.2 Å². The van der Waals surface area contributed by atoms with Gasteiger partial charge in [-0.25, -0.2) is 23.4 Å². The number of sulfonamides is 1. The summed E-state index contributed by atoms with van der Waals surface area (Å²) in [4.78, 5) is 24.9. The summed E-state index contributed by atoms with van der Waals surface area (Å²) in [6.07, 6.45) is 4.11. The van der Waals surface area contributed by atoms with E-state index in [9.17, 15) is 8.42 Å². The van der Waals surface area contributed by atoms with Gasteiger partial charge in [0.2, 0.25) is 21.9 Å². The molecule has 2 saturated heterocycles. The van der Waals surface area contributed by atoms with E-state index in [0.29, 0.717) is 56.8 Å². The van der Waals surface area contributed by atoms with Gasteiger partial charge in [0.15, 0.2) is 0 Å². The highest BCUT2D eigenvalue weighted by Gasteiger charge is 2.31. The minimum Gasteiger partial charge on any atom is -0.378 e. The molecule has 3 aromatic rings. The monoisotopic (exact) mass is 537 g/mol. The molecule has 0 bridgehead atoms. The summed E-state index contributed by atoms with van der Waals surface area (Å²) in [6, 6.07) is 7.11. The van der Waals surface area contributed by atoms with Crippen LogP contribution in [-0.4, -0.2) is 104 Å². The van der Waals surface area contributed by atoms with Crippen molar-refractivity contribution in [2.24, 2.45) is 0 Å². The fraction of sp³-hybridized carbons (Fsp3) is 0.440. The van der Waals surface area contributed by atoms with Gasteiger partial charge in [-0.3, -0.25) is 0 Å². The van der Waals surface area contributed by atoms with Crippen molar-refractivity contribution < 1.29 is 13.2 Å². The first-order valence-corrected chi connectivity index (χ1v) is 14.2. The molecular formula is C25H31N9O3S. The Bertz CT molecular complexity index is 1400. The van der Waals surface area contributed by atoms with Gasteiger partial charge < -0.3 is 25.2 Å². The van der Waals surface area contributed by atoms with Gasteiger partial charge in [-0.15, -0.1) is 0 Å². The topological polar surface area (TPSA) is 134 Å². The molecule has 13 heteroatoms. The number of nitrogens with two attached hydrogens (primary N) is 1. The Hall–Kier alpha value is -3.39. The number of anilines is 4. The highest BCUT2D eigenvalue weighted by molar-refractivity contribution is 7.89. The van der Waals surface area contributed by atoms with Crippen LogP contribution in [0.3, 0.4) is 0 Å². The lowest BCUT2D eigenvalue weighted by atomic mass is 10.1. The molecule has 6 rings (SSSR count). The Morgan fingerprint density at radius 3 is 2.26 bits per heavy atom. The molecule has 3 aliphatic heterocycles. The number of nitrogens with zero attached hydrogens (tertiary/aromatic N) is 8. The van der Waals surface area contributed by atoms with Crippen molar-refractivity contribution in [2.45, 2.75) is 11.3 Å².